The molecule has 0 spiro atoms. The Hall–Kier alpha value is 0.280. The van der Waals surface area contributed by atoms with Crippen LogP contribution in [0.2, 0.25) is 0 Å². The summed E-state index contributed by atoms with van der Waals surface area (Å²) in [5.41, 5.74) is 1.21. The summed E-state index contributed by atoms with van der Waals surface area (Å²) in [6.07, 6.45) is 8.55. The fourth-order valence-electron chi connectivity index (χ4n) is 6.69. The van der Waals surface area contributed by atoms with Crippen molar-refractivity contribution in [2.75, 3.05) is 0 Å². The molecule has 5 nitrogen and oxygen atoms in total. The van der Waals surface area contributed by atoms with Gasteiger partial charge in [-0.05, 0) is 68.1 Å². The van der Waals surface area contributed by atoms with E-state index in [4.69, 9.17) is 4.18 Å². The molecule has 0 aromatic carbocycles. The van der Waals surface area contributed by atoms with Crippen LogP contribution >= 0.6 is 0 Å². The smallest absolute Gasteiger partial charge is 0.726 e. The van der Waals surface area contributed by atoms with Gasteiger partial charge < -0.3 is 4.55 Å². The van der Waals surface area contributed by atoms with Crippen molar-refractivity contribution in [3.05, 3.63) is 11.6 Å². The van der Waals surface area contributed by atoms with E-state index in [-0.39, 0.29) is 40.4 Å². The Morgan fingerprint density at radius 1 is 1.04 bits per heavy atom. The summed E-state index contributed by atoms with van der Waals surface area (Å²) in [6, 6.07) is 0. The van der Waals surface area contributed by atoms with E-state index in [1.54, 1.807) is 0 Å². The van der Waals surface area contributed by atoms with Gasteiger partial charge in [0.2, 0.25) is 10.4 Å². The Balaban J connectivity index is 0.00000196. The Labute approximate surface area is 178 Å². The maximum atomic E-state index is 12.4. The largest absolute Gasteiger partial charge is 1.00 e. The first-order valence-electron chi connectivity index (χ1n) is 9.52. The number of ketones is 1. The summed E-state index contributed by atoms with van der Waals surface area (Å²) >= 11 is 0. The molecule has 0 saturated heterocycles. The number of hydrogen-bond acceptors (Lipinski definition) is 5. The molecule has 4 aliphatic carbocycles. The molecule has 140 valence electrons. The minimum atomic E-state index is -4.66. The first-order chi connectivity index (χ1) is 11.6. The third-order valence-corrected chi connectivity index (χ3v) is 8.50. The van der Waals surface area contributed by atoms with E-state index in [0.29, 0.717) is 30.0 Å². The van der Waals surface area contributed by atoms with Gasteiger partial charge in [-0.15, -0.1) is 0 Å². The molecule has 0 N–H and O–H groups in total. The molecule has 3 saturated carbocycles. The molecule has 0 heterocycles. The normalized spacial score (nSPS) is 45.0. The maximum absolute atomic E-state index is 12.4. The first kappa shape index (κ1) is 21.0. The molecule has 0 aromatic heterocycles. The van der Waals surface area contributed by atoms with Crippen LogP contribution in [0.25, 0.3) is 0 Å². The molecule has 26 heavy (non-hydrogen) atoms. The molecule has 7 heteroatoms. The third-order valence-electron chi connectivity index (χ3n) is 8.02. The van der Waals surface area contributed by atoms with Gasteiger partial charge >= 0.3 is 29.6 Å². The zero-order valence-electron chi connectivity index (χ0n) is 16.0. The van der Waals surface area contributed by atoms with E-state index in [2.05, 4.69) is 13.8 Å². The fraction of sp³-hybridized carbons (Fsp3) is 0.842. The van der Waals surface area contributed by atoms with Gasteiger partial charge in [0.25, 0.3) is 0 Å². The van der Waals surface area contributed by atoms with Gasteiger partial charge in [-0.2, -0.15) is 0 Å². The van der Waals surface area contributed by atoms with Gasteiger partial charge in [-0.1, -0.05) is 25.5 Å². The van der Waals surface area contributed by atoms with E-state index in [1.807, 2.05) is 6.08 Å². The van der Waals surface area contributed by atoms with Crippen LogP contribution in [-0.4, -0.2) is 24.9 Å². The zero-order valence-corrected chi connectivity index (χ0v) is 18.8. The molecule has 3 fully saturated rings. The van der Waals surface area contributed by atoms with Crippen molar-refractivity contribution >= 4 is 16.2 Å². The van der Waals surface area contributed by atoms with Crippen molar-refractivity contribution in [2.24, 2.45) is 28.6 Å². The number of carbonyl (C=O) groups excluding carboxylic acids is 1. The van der Waals surface area contributed by atoms with E-state index in [9.17, 15) is 17.8 Å². The summed E-state index contributed by atoms with van der Waals surface area (Å²) in [7, 11) is -4.66. The van der Waals surface area contributed by atoms with Gasteiger partial charge in [0.05, 0.1) is 6.10 Å². The minimum Gasteiger partial charge on any atom is -0.726 e. The monoisotopic (exact) mass is 390 g/mol. The van der Waals surface area contributed by atoms with Gasteiger partial charge in [0.15, 0.2) is 0 Å². The van der Waals surface area contributed by atoms with Crippen LogP contribution in [0.15, 0.2) is 11.6 Å². The van der Waals surface area contributed by atoms with Gasteiger partial charge in [-0.25, -0.2) is 8.42 Å². The van der Waals surface area contributed by atoms with Crippen molar-refractivity contribution in [2.45, 2.75) is 71.3 Å². The summed E-state index contributed by atoms with van der Waals surface area (Å²) in [6.45, 7) is 4.48. The summed E-state index contributed by atoms with van der Waals surface area (Å²) in [5.74, 6) is 2.11. The number of Topliss-reactive ketones (excluding diaryl/α,β-unsaturated/α-hetero) is 1. The fourth-order valence-corrected chi connectivity index (χ4v) is 7.15. The van der Waals surface area contributed by atoms with Gasteiger partial charge in [0.1, 0.15) is 5.78 Å². The van der Waals surface area contributed by atoms with Crippen LogP contribution in [0.5, 0.6) is 0 Å². The van der Waals surface area contributed by atoms with E-state index < -0.39 is 16.5 Å². The Bertz CT molecular complexity index is 732. The van der Waals surface area contributed by atoms with Crippen molar-refractivity contribution in [1.29, 1.82) is 0 Å². The predicted octanol–water partition coefficient (Wildman–Crippen LogP) is 0.368. The van der Waals surface area contributed by atoms with Crippen LogP contribution in [0.4, 0.5) is 0 Å². The average Bonchev–Trinajstić information content (AvgIpc) is 2.82. The Morgan fingerprint density at radius 2 is 1.69 bits per heavy atom. The quantitative estimate of drug-likeness (QED) is 0.294. The second kappa shape index (κ2) is 6.96. The van der Waals surface area contributed by atoms with E-state index in [0.717, 1.165) is 44.9 Å². The Kier molecular flexibility index (Phi) is 5.62. The molecule has 0 aliphatic heterocycles. The second-order valence-corrected chi connectivity index (χ2v) is 10.0. The van der Waals surface area contributed by atoms with E-state index >= 15 is 0 Å². The molecule has 4 rings (SSSR count). The minimum absolute atomic E-state index is 0. The van der Waals surface area contributed by atoms with Gasteiger partial charge in [-0.3, -0.25) is 8.98 Å². The van der Waals surface area contributed by atoms with Crippen molar-refractivity contribution in [3.63, 3.8) is 0 Å². The number of hydrogen-bond donors (Lipinski definition) is 0. The predicted molar refractivity (Wildman–Crippen MR) is 91.3 cm³/mol. The van der Waals surface area contributed by atoms with Gasteiger partial charge in [0, 0.05) is 11.8 Å². The van der Waals surface area contributed by atoms with Crippen LogP contribution in [0.1, 0.15) is 65.2 Å². The topological polar surface area (TPSA) is 83.5 Å². The number of rotatable bonds is 2. The molecular formula is C19H27NaO5S. The number of carbonyl (C=O) groups is 1. The standard InChI is InChI=1S/C19H28O5S.Na/c1-18-9-7-13(24-25(21,22)23)11-12(18)3-4-14-15-5-6-17(20)19(15,2)10-8-16(14)18;/h11,13-16H,3-10H2,1-2H3,(H,21,22,23);/q;+1/p-1. The number of fused-ring (bicyclic) bond motifs is 5. The molecule has 0 bridgehead atoms. The second-order valence-electron chi connectivity index (χ2n) is 9.02. The van der Waals surface area contributed by atoms with Crippen molar-refractivity contribution < 1.29 is 51.5 Å². The SMILES string of the molecule is CC12CCC3C(CCC4=CC(OS(=O)(=O)[O-])CCC43C)C1CCC2=O.[Na+]. The molecule has 4 aliphatic rings. The summed E-state index contributed by atoms with van der Waals surface area (Å²) in [4.78, 5) is 12.4. The van der Waals surface area contributed by atoms with Crippen LogP contribution in [0, 0.1) is 28.6 Å². The molecule has 6 atom stereocenters. The number of allylic oxidation sites excluding steroid dienone is 1. The van der Waals surface area contributed by atoms with Crippen LogP contribution < -0.4 is 29.6 Å². The molecular weight excluding hydrogens is 363 g/mol. The Morgan fingerprint density at radius 3 is 2.38 bits per heavy atom. The first-order valence-corrected chi connectivity index (χ1v) is 10.9. The average molecular weight is 390 g/mol. The zero-order chi connectivity index (χ0) is 18.0. The van der Waals surface area contributed by atoms with Crippen molar-refractivity contribution in [1.82, 2.24) is 0 Å². The molecule has 0 amide bonds. The van der Waals surface area contributed by atoms with Crippen molar-refractivity contribution in [3.8, 4) is 0 Å². The molecule has 6 unspecified atom stereocenters. The molecule has 0 aromatic rings. The van der Waals surface area contributed by atoms with Crippen LogP contribution in [0.3, 0.4) is 0 Å². The maximum Gasteiger partial charge on any atom is 1.00 e. The third kappa shape index (κ3) is 3.29. The van der Waals surface area contributed by atoms with E-state index in [1.165, 1.54) is 5.57 Å². The van der Waals surface area contributed by atoms with Crippen LogP contribution in [-0.2, 0) is 19.4 Å². The summed E-state index contributed by atoms with van der Waals surface area (Å²) < 4.78 is 37.5. The summed E-state index contributed by atoms with van der Waals surface area (Å²) in [5, 5.41) is 0. The molecule has 0 radical (unpaired) electrons.